The summed E-state index contributed by atoms with van der Waals surface area (Å²) < 4.78 is 2.23. The SMILES string of the molecule is C/C(=C1\CN(C)C(=O)c2ccccc21)c1cc2ccccc2n1C. The number of aryl methyl sites for hydroxylation is 1. The minimum atomic E-state index is 0.0965. The van der Waals surface area contributed by atoms with Crippen LogP contribution in [0.25, 0.3) is 22.0 Å². The number of para-hydroxylation sites is 1. The molecule has 2 heterocycles. The number of carbonyl (C=O) groups excluding carboxylic acids is 1. The van der Waals surface area contributed by atoms with Gasteiger partial charge in [0.15, 0.2) is 0 Å². The zero-order chi connectivity index (χ0) is 16.8. The summed E-state index contributed by atoms with van der Waals surface area (Å²) in [6, 6.07) is 18.6. The average Bonchev–Trinajstić information content (AvgIpc) is 2.95. The zero-order valence-electron chi connectivity index (χ0n) is 14.2. The minimum absolute atomic E-state index is 0.0965. The molecule has 0 atom stereocenters. The van der Waals surface area contributed by atoms with E-state index in [0.717, 1.165) is 11.1 Å². The van der Waals surface area contributed by atoms with Crippen molar-refractivity contribution in [2.45, 2.75) is 6.92 Å². The van der Waals surface area contributed by atoms with E-state index in [1.54, 1.807) is 4.90 Å². The maximum Gasteiger partial charge on any atom is 0.254 e. The first kappa shape index (κ1) is 14.8. The number of aromatic nitrogens is 1. The van der Waals surface area contributed by atoms with Gasteiger partial charge in [-0.2, -0.15) is 0 Å². The van der Waals surface area contributed by atoms with E-state index in [1.807, 2.05) is 25.2 Å². The van der Waals surface area contributed by atoms with Gasteiger partial charge in [-0.3, -0.25) is 4.79 Å². The number of rotatable bonds is 1. The summed E-state index contributed by atoms with van der Waals surface area (Å²) in [7, 11) is 3.97. The maximum absolute atomic E-state index is 12.4. The standard InChI is InChI=1S/C21H20N2O/c1-14(20-12-15-8-4-7-11-19(15)23(20)3)18-13-22(2)21(24)17-10-6-5-9-16(17)18/h4-12H,13H2,1-3H3/b18-14-. The van der Waals surface area contributed by atoms with Gasteiger partial charge in [-0.05, 0) is 41.8 Å². The second-order valence-electron chi connectivity index (χ2n) is 6.46. The molecule has 24 heavy (non-hydrogen) atoms. The van der Waals surface area contributed by atoms with Gasteiger partial charge in [0.1, 0.15) is 0 Å². The molecule has 2 aromatic carbocycles. The van der Waals surface area contributed by atoms with Crippen LogP contribution in [0.5, 0.6) is 0 Å². The highest BCUT2D eigenvalue weighted by atomic mass is 16.2. The number of allylic oxidation sites excluding steroid dienone is 1. The number of carbonyl (C=O) groups is 1. The average molecular weight is 316 g/mol. The van der Waals surface area contributed by atoms with Gasteiger partial charge < -0.3 is 9.47 Å². The van der Waals surface area contributed by atoms with Gasteiger partial charge in [0.05, 0.1) is 0 Å². The van der Waals surface area contributed by atoms with Crippen molar-refractivity contribution in [1.82, 2.24) is 9.47 Å². The van der Waals surface area contributed by atoms with Crippen LogP contribution >= 0.6 is 0 Å². The van der Waals surface area contributed by atoms with Crippen molar-refractivity contribution in [2.75, 3.05) is 13.6 Å². The van der Waals surface area contributed by atoms with Gasteiger partial charge in [-0.1, -0.05) is 36.4 Å². The molecule has 1 aliphatic rings. The van der Waals surface area contributed by atoms with Crippen LogP contribution in [0.3, 0.4) is 0 Å². The Morgan fingerprint density at radius 2 is 1.62 bits per heavy atom. The molecular formula is C21H20N2O. The van der Waals surface area contributed by atoms with Gasteiger partial charge in [-0.25, -0.2) is 0 Å². The molecule has 0 radical (unpaired) electrons. The molecule has 1 aliphatic heterocycles. The molecule has 0 saturated carbocycles. The summed E-state index contributed by atoms with van der Waals surface area (Å²) in [6.45, 7) is 2.80. The maximum atomic E-state index is 12.4. The molecule has 3 heteroatoms. The summed E-state index contributed by atoms with van der Waals surface area (Å²) in [5.74, 6) is 0.0965. The van der Waals surface area contributed by atoms with Crippen molar-refractivity contribution in [3.05, 3.63) is 71.4 Å². The minimum Gasteiger partial charge on any atom is -0.344 e. The van der Waals surface area contributed by atoms with Crippen LogP contribution < -0.4 is 0 Å². The molecule has 0 unspecified atom stereocenters. The molecule has 3 aromatic rings. The quantitative estimate of drug-likeness (QED) is 0.660. The van der Waals surface area contributed by atoms with Gasteiger partial charge >= 0.3 is 0 Å². The van der Waals surface area contributed by atoms with E-state index in [9.17, 15) is 4.79 Å². The molecule has 0 aliphatic carbocycles. The molecule has 3 nitrogen and oxygen atoms in total. The number of hydrogen-bond donors (Lipinski definition) is 0. The molecule has 0 saturated heterocycles. The summed E-state index contributed by atoms with van der Waals surface area (Å²) in [5.41, 5.74) is 6.71. The fourth-order valence-corrected chi connectivity index (χ4v) is 3.66. The van der Waals surface area contributed by atoms with Crippen molar-refractivity contribution >= 4 is 28.0 Å². The Labute approximate surface area is 141 Å². The van der Waals surface area contributed by atoms with Crippen LogP contribution in [0.2, 0.25) is 0 Å². The predicted octanol–water partition coefficient (Wildman–Crippen LogP) is 4.19. The Balaban J connectivity index is 1.96. The van der Waals surface area contributed by atoms with Crippen LogP contribution in [-0.4, -0.2) is 29.0 Å². The summed E-state index contributed by atoms with van der Waals surface area (Å²) >= 11 is 0. The predicted molar refractivity (Wildman–Crippen MR) is 98.8 cm³/mol. The van der Waals surface area contributed by atoms with Crippen molar-refractivity contribution in [3.8, 4) is 0 Å². The Morgan fingerprint density at radius 1 is 0.958 bits per heavy atom. The van der Waals surface area contributed by atoms with Gasteiger partial charge in [-0.15, -0.1) is 0 Å². The molecule has 1 aromatic heterocycles. The lowest BCUT2D eigenvalue weighted by Crippen LogP contribution is -2.33. The number of fused-ring (bicyclic) bond motifs is 2. The van der Waals surface area contributed by atoms with Crippen LogP contribution in [-0.2, 0) is 7.05 Å². The molecule has 4 rings (SSSR count). The van der Waals surface area contributed by atoms with Crippen LogP contribution in [0.4, 0.5) is 0 Å². The monoisotopic (exact) mass is 316 g/mol. The number of nitrogens with zero attached hydrogens (tertiary/aromatic N) is 2. The second-order valence-corrected chi connectivity index (χ2v) is 6.46. The van der Waals surface area contributed by atoms with E-state index in [0.29, 0.717) is 6.54 Å². The molecule has 0 spiro atoms. The van der Waals surface area contributed by atoms with E-state index in [4.69, 9.17) is 0 Å². The van der Waals surface area contributed by atoms with Crippen molar-refractivity contribution in [2.24, 2.45) is 7.05 Å². The smallest absolute Gasteiger partial charge is 0.254 e. The normalized spacial score (nSPS) is 16.5. The van der Waals surface area contributed by atoms with E-state index < -0.39 is 0 Å². The molecule has 1 amide bonds. The summed E-state index contributed by atoms with van der Waals surface area (Å²) in [6.07, 6.45) is 0. The molecule has 0 fully saturated rings. The molecule has 0 N–H and O–H groups in total. The van der Waals surface area contributed by atoms with E-state index >= 15 is 0 Å². The fraction of sp³-hybridized carbons (Fsp3) is 0.190. The fourth-order valence-electron chi connectivity index (χ4n) is 3.66. The summed E-state index contributed by atoms with van der Waals surface area (Å²) in [4.78, 5) is 14.2. The zero-order valence-corrected chi connectivity index (χ0v) is 14.2. The van der Waals surface area contributed by atoms with Crippen molar-refractivity contribution in [1.29, 1.82) is 0 Å². The van der Waals surface area contributed by atoms with Crippen molar-refractivity contribution < 1.29 is 4.79 Å². The van der Waals surface area contributed by atoms with Crippen LogP contribution in [0.1, 0.15) is 28.5 Å². The van der Waals surface area contributed by atoms with E-state index in [-0.39, 0.29) is 5.91 Å². The topological polar surface area (TPSA) is 25.2 Å². The Bertz CT molecular complexity index is 994. The highest BCUT2D eigenvalue weighted by molar-refractivity contribution is 6.07. The van der Waals surface area contributed by atoms with E-state index in [1.165, 1.54) is 27.7 Å². The molecule has 120 valence electrons. The Kier molecular flexibility index (Phi) is 3.31. The van der Waals surface area contributed by atoms with Crippen molar-refractivity contribution in [3.63, 3.8) is 0 Å². The van der Waals surface area contributed by atoms with E-state index in [2.05, 4.69) is 54.9 Å². The lowest BCUT2D eigenvalue weighted by molar-refractivity contribution is 0.0805. The van der Waals surface area contributed by atoms with Gasteiger partial charge in [0.25, 0.3) is 5.91 Å². The molecule has 0 bridgehead atoms. The second kappa shape index (κ2) is 5.38. The first-order chi connectivity index (χ1) is 11.6. The highest BCUT2D eigenvalue weighted by Crippen LogP contribution is 2.34. The van der Waals surface area contributed by atoms with Crippen LogP contribution in [0, 0.1) is 0 Å². The Hall–Kier alpha value is -2.81. The molecular weight excluding hydrogens is 296 g/mol. The Morgan fingerprint density at radius 3 is 2.38 bits per heavy atom. The third-order valence-corrected chi connectivity index (χ3v) is 5.01. The third kappa shape index (κ3) is 2.08. The number of benzene rings is 2. The number of amides is 1. The third-order valence-electron chi connectivity index (χ3n) is 5.01. The largest absolute Gasteiger partial charge is 0.344 e. The number of hydrogen-bond acceptors (Lipinski definition) is 1. The van der Waals surface area contributed by atoms with Gasteiger partial charge in [0, 0.05) is 42.8 Å². The van der Waals surface area contributed by atoms with Gasteiger partial charge in [0.2, 0.25) is 0 Å². The lowest BCUT2D eigenvalue weighted by atomic mass is 9.90. The first-order valence-electron chi connectivity index (χ1n) is 8.17. The highest BCUT2D eigenvalue weighted by Gasteiger charge is 2.26. The first-order valence-corrected chi connectivity index (χ1v) is 8.17. The van der Waals surface area contributed by atoms with Crippen LogP contribution in [0.15, 0.2) is 54.6 Å². The lowest BCUT2D eigenvalue weighted by Gasteiger charge is -2.28. The number of likely N-dealkylation sites (N-methyl/N-ethyl adjacent to an activating group) is 1. The summed E-state index contributed by atoms with van der Waals surface area (Å²) in [5, 5.41) is 1.24.